The van der Waals surface area contributed by atoms with Crippen LogP contribution in [0, 0.1) is 11.8 Å². The van der Waals surface area contributed by atoms with Crippen LogP contribution in [0.1, 0.15) is 38.8 Å². The summed E-state index contributed by atoms with van der Waals surface area (Å²) in [7, 11) is 0. The third kappa shape index (κ3) is 2.11. The smallest absolute Gasteiger partial charge is 0.0351 e. The second kappa shape index (κ2) is 4.92. The molecule has 2 heteroatoms. The normalized spacial score (nSPS) is 31.3. The van der Waals surface area contributed by atoms with E-state index in [4.69, 9.17) is 0 Å². The molecule has 2 heterocycles. The van der Waals surface area contributed by atoms with E-state index in [1.165, 1.54) is 31.6 Å². The topological polar surface area (TPSA) is 15.3 Å². The summed E-state index contributed by atoms with van der Waals surface area (Å²) in [5, 5.41) is 3.57. The molecule has 3 unspecified atom stereocenters. The molecule has 3 atom stereocenters. The molecule has 19 heavy (non-hydrogen) atoms. The maximum atomic E-state index is 3.57. The Labute approximate surface area is 117 Å². The fraction of sp³-hybridized carbons (Fsp3) is 0.647. The minimum absolute atomic E-state index is 0.310. The third-order valence-corrected chi connectivity index (χ3v) is 5.37. The van der Waals surface area contributed by atoms with Crippen LogP contribution in [0.15, 0.2) is 30.3 Å². The van der Waals surface area contributed by atoms with E-state index in [2.05, 4.69) is 61.3 Å². The molecule has 104 valence electrons. The van der Waals surface area contributed by atoms with E-state index in [-0.39, 0.29) is 0 Å². The van der Waals surface area contributed by atoms with Crippen molar-refractivity contribution in [2.45, 2.75) is 38.8 Å². The monoisotopic (exact) mass is 258 g/mol. The van der Waals surface area contributed by atoms with Gasteiger partial charge in [0.15, 0.2) is 0 Å². The zero-order chi connectivity index (χ0) is 13.5. The lowest BCUT2D eigenvalue weighted by molar-refractivity contribution is 0.0859. The predicted molar refractivity (Wildman–Crippen MR) is 80.1 cm³/mol. The van der Waals surface area contributed by atoms with Gasteiger partial charge in [0.1, 0.15) is 0 Å². The van der Waals surface area contributed by atoms with Gasteiger partial charge in [0.2, 0.25) is 0 Å². The van der Waals surface area contributed by atoms with E-state index >= 15 is 0 Å². The average molecular weight is 258 g/mol. The highest BCUT2D eigenvalue weighted by Gasteiger charge is 2.51. The van der Waals surface area contributed by atoms with Crippen molar-refractivity contribution in [3.8, 4) is 0 Å². The summed E-state index contributed by atoms with van der Waals surface area (Å²) in [4.78, 5) is 2.76. The Morgan fingerprint density at radius 1 is 1.26 bits per heavy atom. The van der Waals surface area contributed by atoms with Crippen molar-refractivity contribution in [2.75, 3.05) is 19.6 Å². The van der Waals surface area contributed by atoms with Gasteiger partial charge in [0.25, 0.3) is 0 Å². The summed E-state index contributed by atoms with van der Waals surface area (Å²) in [6.45, 7) is 10.8. The van der Waals surface area contributed by atoms with Crippen LogP contribution in [0.25, 0.3) is 0 Å². The Kier molecular flexibility index (Phi) is 3.40. The van der Waals surface area contributed by atoms with Crippen molar-refractivity contribution in [3.63, 3.8) is 0 Å². The van der Waals surface area contributed by atoms with Gasteiger partial charge in [-0.3, -0.25) is 4.90 Å². The van der Waals surface area contributed by atoms with Crippen LogP contribution in [0.3, 0.4) is 0 Å². The number of likely N-dealkylation sites (tertiary alicyclic amines) is 1. The molecule has 1 aromatic carbocycles. The highest BCUT2D eigenvalue weighted by atomic mass is 15.3. The molecule has 3 rings (SSSR count). The predicted octanol–water partition coefficient (Wildman–Crippen LogP) is 3.07. The summed E-state index contributed by atoms with van der Waals surface area (Å²) < 4.78 is 0. The van der Waals surface area contributed by atoms with E-state index in [1.807, 2.05) is 0 Å². The molecule has 2 fully saturated rings. The first-order chi connectivity index (χ1) is 9.14. The van der Waals surface area contributed by atoms with Gasteiger partial charge >= 0.3 is 0 Å². The molecule has 2 saturated heterocycles. The molecule has 2 aliphatic rings. The number of hydrogen-bond acceptors (Lipinski definition) is 2. The number of hydrogen-bond donors (Lipinski definition) is 1. The third-order valence-electron chi connectivity index (χ3n) is 5.37. The molecule has 0 radical (unpaired) electrons. The lowest BCUT2D eigenvalue weighted by Gasteiger charge is -2.41. The molecule has 0 spiro atoms. The first-order valence-corrected chi connectivity index (χ1v) is 7.67. The summed E-state index contributed by atoms with van der Waals surface area (Å²) in [5.74, 6) is 1.65. The molecule has 0 aromatic heterocycles. The second-order valence-corrected chi connectivity index (χ2v) is 6.67. The molecule has 2 nitrogen and oxygen atoms in total. The first-order valence-electron chi connectivity index (χ1n) is 7.67. The van der Waals surface area contributed by atoms with Crippen LogP contribution in [0.2, 0.25) is 0 Å². The highest BCUT2D eigenvalue weighted by molar-refractivity contribution is 5.21. The fourth-order valence-corrected chi connectivity index (χ4v) is 4.29. The Morgan fingerprint density at radius 3 is 2.63 bits per heavy atom. The lowest BCUT2D eigenvalue weighted by atomic mass is 9.84. The molecule has 0 bridgehead atoms. The number of nitrogens with one attached hydrogen (secondary N) is 1. The largest absolute Gasteiger partial charge is 0.316 e. The van der Waals surface area contributed by atoms with E-state index in [9.17, 15) is 0 Å². The number of fused-ring (bicyclic) bond motifs is 1. The molecule has 2 aliphatic heterocycles. The Balaban J connectivity index is 1.88. The molecular weight excluding hydrogens is 232 g/mol. The minimum Gasteiger partial charge on any atom is -0.316 e. The Bertz CT molecular complexity index is 426. The van der Waals surface area contributed by atoms with Gasteiger partial charge in [-0.05, 0) is 44.2 Å². The number of benzene rings is 1. The first kappa shape index (κ1) is 13.1. The lowest BCUT2D eigenvalue weighted by Crippen LogP contribution is -2.46. The highest BCUT2D eigenvalue weighted by Crippen LogP contribution is 2.45. The van der Waals surface area contributed by atoms with Gasteiger partial charge in [-0.25, -0.2) is 0 Å². The molecular formula is C17H26N2. The summed E-state index contributed by atoms with van der Waals surface area (Å²) >= 11 is 0. The molecule has 0 aliphatic carbocycles. The van der Waals surface area contributed by atoms with Crippen LogP contribution in [0.5, 0.6) is 0 Å². The SMILES string of the molecule is CCC(c1ccccc1)N1CC2CNCC2C1(C)C. The van der Waals surface area contributed by atoms with Crippen molar-refractivity contribution in [2.24, 2.45) is 11.8 Å². The van der Waals surface area contributed by atoms with Crippen molar-refractivity contribution < 1.29 is 0 Å². The summed E-state index contributed by atoms with van der Waals surface area (Å²) in [6.07, 6.45) is 1.19. The quantitative estimate of drug-likeness (QED) is 0.896. The van der Waals surface area contributed by atoms with Crippen molar-refractivity contribution >= 4 is 0 Å². The zero-order valence-corrected chi connectivity index (χ0v) is 12.4. The number of nitrogens with zero attached hydrogens (tertiary/aromatic N) is 1. The van der Waals surface area contributed by atoms with E-state index < -0.39 is 0 Å². The molecule has 0 saturated carbocycles. The van der Waals surface area contributed by atoms with Gasteiger partial charge in [0, 0.05) is 24.7 Å². The zero-order valence-electron chi connectivity index (χ0n) is 12.4. The van der Waals surface area contributed by atoms with Gasteiger partial charge in [-0.2, -0.15) is 0 Å². The Hall–Kier alpha value is -0.860. The van der Waals surface area contributed by atoms with Crippen LogP contribution < -0.4 is 5.32 Å². The van der Waals surface area contributed by atoms with E-state index in [0.717, 1.165) is 11.8 Å². The van der Waals surface area contributed by atoms with E-state index in [1.54, 1.807) is 0 Å². The maximum absolute atomic E-state index is 3.57. The van der Waals surface area contributed by atoms with Crippen molar-refractivity contribution in [3.05, 3.63) is 35.9 Å². The van der Waals surface area contributed by atoms with Gasteiger partial charge in [0.05, 0.1) is 0 Å². The number of rotatable bonds is 3. The average Bonchev–Trinajstić information content (AvgIpc) is 2.96. The molecule has 1 N–H and O–H groups in total. The fourth-order valence-electron chi connectivity index (χ4n) is 4.29. The van der Waals surface area contributed by atoms with Gasteiger partial charge in [-0.15, -0.1) is 0 Å². The van der Waals surface area contributed by atoms with Crippen LogP contribution in [-0.2, 0) is 0 Å². The van der Waals surface area contributed by atoms with Crippen LogP contribution in [-0.4, -0.2) is 30.1 Å². The van der Waals surface area contributed by atoms with Crippen molar-refractivity contribution in [1.29, 1.82) is 0 Å². The molecule has 1 aromatic rings. The molecule has 0 amide bonds. The van der Waals surface area contributed by atoms with Gasteiger partial charge in [-0.1, -0.05) is 37.3 Å². The van der Waals surface area contributed by atoms with Crippen LogP contribution in [0.4, 0.5) is 0 Å². The maximum Gasteiger partial charge on any atom is 0.0351 e. The van der Waals surface area contributed by atoms with Crippen LogP contribution >= 0.6 is 0 Å². The minimum atomic E-state index is 0.310. The summed E-state index contributed by atoms with van der Waals surface area (Å²) in [5.41, 5.74) is 1.79. The second-order valence-electron chi connectivity index (χ2n) is 6.67. The van der Waals surface area contributed by atoms with Gasteiger partial charge < -0.3 is 5.32 Å². The van der Waals surface area contributed by atoms with E-state index in [0.29, 0.717) is 11.6 Å². The standard InChI is InChI=1S/C17H26N2/c1-4-16(13-8-6-5-7-9-13)19-12-14-10-18-11-15(14)17(19,2)3/h5-9,14-16,18H,4,10-12H2,1-3H3. The summed E-state index contributed by atoms with van der Waals surface area (Å²) in [6, 6.07) is 11.6. The van der Waals surface area contributed by atoms with Crippen molar-refractivity contribution in [1.82, 2.24) is 10.2 Å². The Morgan fingerprint density at radius 2 is 2.00 bits per heavy atom.